The number of nitro benzene ring substituents is 1. The summed E-state index contributed by atoms with van der Waals surface area (Å²) in [7, 11) is 0. The molecular weight excluding hydrogens is 543 g/mol. The maximum atomic E-state index is 12.9. The van der Waals surface area contributed by atoms with Gasteiger partial charge in [-0.2, -0.15) is 18.3 Å². The second kappa shape index (κ2) is 12.8. The molecule has 3 aromatic rings. The number of carbonyl (C=O) groups excluding carboxylic acids is 1. The van der Waals surface area contributed by atoms with Gasteiger partial charge in [0.25, 0.3) is 5.91 Å². The van der Waals surface area contributed by atoms with Gasteiger partial charge in [0.1, 0.15) is 12.4 Å². The Balaban J connectivity index is 1.71. The number of nitrogens with zero attached hydrogens (tertiary/aromatic N) is 2. The average Bonchev–Trinajstić information content (AvgIpc) is 2.89. The van der Waals surface area contributed by atoms with Gasteiger partial charge in [0.2, 0.25) is 5.75 Å². The number of hydrogen-bond acceptors (Lipinski definition) is 7. The molecule has 3 rings (SSSR count). The highest BCUT2D eigenvalue weighted by Crippen LogP contribution is 2.39. The highest BCUT2D eigenvalue weighted by atomic mass is 35.5. The number of ether oxygens (including phenoxy) is 3. The van der Waals surface area contributed by atoms with E-state index in [2.05, 4.69) is 17.1 Å². The molecule has 0 heterocycles. The van der Waals surface area contributed by atoms with Crippen molar-refractivity contribution in [3.05, 3.63) is 99.1 Å². The molecule has 0 spiro atoms. The van der Waals surface area contributed by atoms with Crippen LogP contribution < -0.4 is 19.6 Å². The Bertz CT molecular complexity index is 1410. The van der Waals surface area contributed by atoms with Gasteiger partial charge in [-0.05, 0) is 61.0 Å². The molecule has 0 fully saturated rings. The lowest BCUT2D eigenvalue weighted by atomic mass is 10.2. The predicted octanol–water partition coefficient (Wildman–Crippen LogP) is 6.79. The van der Waals surface area contributed by atoms with Gasteiger partial charge >= 0.3 is 11.9 Å². The minimum Gasteiger partial charge on any atom is -0.490 e. The Morgan fingerprint density at radius 2 is 1.79 bits per heavy atom. The molecule has 0 saturated heterocycles. The van der Waals surface area contributed by atoms with Crippen molar-refractivity contribution < 1.29 is 37.1 Å². The smallest absolute Gasteiger partial charge is 0.416 e. The third kappa shape index (κ3) is 7.71. The van der Waals surface area contributed by atoms with E-state index < -0.39 is 34.0 Å². The molecule has 3 aromatic carbocycles. The first-order chi connectivity index (χ1) is 18.5. The third-order valence-electron chi connectivity index (χ3n) is 4.90. The summed E-state index contributed by atoms with van der Waals surface area (Å²) in [5.74, 6) is -0.149. The molecule has 0 aliphatic rings. The lowest BCUT2D eigenvalue weighted by Gasteiger charge is -2.12. The number of rotatable bonds is 11. The number of alkyl halides is 3. The number of benzene rings is 3. The van der Waals surface area contributed by atoms with Gasteiger partial charge in [-0.1, -0.05) is 24.3 Å². The lowest BCUT2D eigenvalue weighted by Crippen LogP contribution is -2.17. The van der Waals surface area contributed by atoms with Crippen LogP contribution in [0.1, 0.15) is 28.4 Å². The Morgan fingerprint density at radius 3 is 2.44 bits per heavy atom. The van der Waals surface area contributed by atoms with Crippen LogP contribution >= 0.6 is 11.6 Å². The zero-order valence-corrected chi connectivity index (χ0v) is 21.1. The van der Waals surface area contributed by atoms with E-state index in [1.54, 1.807) is 19.1 Å². The van der Waals surface area contributed by atoms with Crippen molar-refractivity contribution in [3.63, 3.8) is 0 Å². The highest BCUT2D eigenvalue weighted by Gasteiger charge is 2.33. The van der Waals surface area contributed by atoms with Crippen LogP contribution in [0.15, 0.2) is 72.4 Å². The Kier molecular flexibility index (Phi) is 9.50. The van der Waals surface area contributed by atoms with Gasteiger partial charge in [0.05, 0.1) is 28.3 Å². The minimum absolute atomic E-state index is 0.00376. The molecule has 9 nitrogen and oxygen atoms in total. The van der Waals surface area contributed by atoms with Gasteiger partial charge in [0, 0.05) is 11.6 Å². The Hall–Kier alpha value is -4.58. The van der Waals surface area contributed by atoms with Crippen molar-refractivity contribution in [2.45, 2.75) is 13.1 Å². The number of hydrogen-bond donors (Lipinski definition) is 1. The molecule has 204 valence electrons. The summed E-state index contributed by atoms with van der Waals surface area (Å²) in [6.07, 6.45) is -1.89. The lowest BCUT2D eigenvalue weighted by molar-refractivity contribution is -0.385. The Labute approximate surface area is 225 Å². The van der Waals surface area contributed by atoms with E-state index in [1.807, 2.05) is 0 Å². The van der Waals surface area contributed by atoms with E-state index >= 15 is 0 Å². The normalized spacial score (nSPS) is 11.2. The number of nitro groups is 1. The van der Waals surface area contributed by atoms with E-state index in [0.717, 1.165) is 6.07 Å². The Morgan fingerprint density at radius 1 is 1.08 bits per heavy atom. The quantitative estimate of drug-likeness (QED) is 0.119. The second-order valence-electron chi connectivity index (χ2n) is 7.62. The summed E-state index contributed by atoms with van der Waals surface area (Å²) in [5, 5.41) is 15.2. The van der Waals surface area contributed by atoms with Crippen LogP contribution in [0.2, 0.25) is 5.02 Å². The summed E-state index contributed by atoms with van der Waals surface area (Å²) >= 11 is 6.19. The van der Waals surface area contributed by atoms with Crippen molar-refractivity contribution in [1.82, 2.24) is 5.43 Å². The van der Waals surface area contributed by atoms with Gasteiger partial charge in [-0.3, -0.25) is 14.9 Å². The zero-order chi connectivity index (χ0) is 28.6. The van der Waals surface area contributed by atoms with Crippen LogP contribution in [-0.2, 0) is 6.18 Å². The molecule has 13 heteroatoms. The predicted molar refractivity (Wildman–Crippen MR) is 138 cm³/mol. The van der Waals surface area contributed by atoms with E-state index in [-0.39, 0.29) is 22.9 Å². The third-order valence-corrected chi connectivity index (χ3v) is 5.20. The minimum atomic E-state index is -4.76. The number of hydrazone groups is 1. The largest absolute Gasteiger partial charge is 0.490 e. The summed E-state index contributed by atoms with van der Waals surface area (Å²) in [6.45, 7) is 6.01. The topological polar surface area (TPSA) is 112 Å². The molecule has 0 unspecified atom stereocenters. The fourth-order valence-electron chi connectivity index (χ4n) is 3.14. The first-order valence-corrected chi connectivity index (χ1v) is 11.6. The molecule has 0 aliphatic carbocycles. The molecule has 0 saturated carbocycles. The van der Waals surface area contributed by atoms with Gasteiger partial charge < -0.3 is 14.2 Å². The van der Waals surface area contributed by atoms with Crippen molar-refractivity contribution in [2.75, 3.05) is 13.2 Å². The van der Waals surface area contributed by atoms with Crippen LogP contribution in [0.4, 0.5) is 18.9 Å². The average molecular weight is 564 g/mol. The molecule has 1 N–H and O–H groups in total. The zero-order valence-electron chi connectivity index (χ0n) is 20.3. The summed E-state index contributed by atoms with van der Waals surface area (Å²) < 4.78 is 55.2. The van der Waals surface area contributed by atoms with E-state index in [0.29, 0.717) is 35.8 Å². The molecule has 0 radical (unpaired) electrons. The van der Waals surface area contributed by atoms with Crippen molar-refractivity contribution >= 4 is 29.4 Å². The van der Waals surface area contributed by atoms with Crippen LogP contribution in [-0.4, -0.2) is 30.3 Å². The van der Waals surface area contributed by atoms with Crippen LogP contribution in [0.25, 0.3) is 0 Å². The molecule has 0 bridgehead atoms. The van der Waals surface area contributed by atoms with Crippen LogP contribution in [0, 0.1) is 10.1 Å². The van der Waals surface area contributed by atoms with E-state index in [4.69, 9.17) is 25.8 Å². The maximum absolute atomic E-state index is 12.9. The van der Waals surface area contributed by atoms with Crippen LogP contribution in [0.3, 0.4) is 0 Å². The SMILES string of the molecule is C=CCOc1ccc(C(=O)N/N=C/c2ccc(Oc3ccc(C(F)(F)F)cc3[N+](=O)[O-])c(Cl)c2)cc1OCC. The van der Waals surface area contributed by atoms with Gasteiger partial charge in [-0.15, -0.1) is 0 Å². The molecule has 1 amide bonds. The molecule has 0 atom stereocenters. The monoisotopic (exact) mass is 563 g/mol. The molecule has 0 aliphatic heterocycles. The second-order valence-corrected chi connectivity index (χ2v) is 8.03. The van der Waals surface area contributed by atoms with E-state index in [1.165, 1.54) is 36.5 Å². The summed E-state index contributed by atoms with van der Waals surface area (Å²) in [5.41, 5.74) is 1.00. The summed E-state index contributed by atoms with van der Waals surface area (Å²) in [4.78, 5) is 22.8. The number of halogens is 4. The number of nitrogens with one attached hydrogen (secondary N) is 1. The molecule has 39 heavy (non-hydrogen) atoms. The molecular formula is C26H21ClF3N3O6. The first-order valence-electron chi connectivity index (χ1n) is 11.2. The van der Waals surface area contributed by atoms with E-state index in [9.17, 15) is 28.1 Å². The fourth-order valence-corrected chi connectivity index (χ4v) is 3.36. The van der Waals surface area contributed by atoms with Crippen molar-refractivity contribution in [3.8, 4) is 23.0 Å². The summed E-state index contributed by atoms with van der Waals surface area (Å²) in [6, 6.07) is 10.7. The first kappa shape index (κ1) is 29.0. The maximum Gasteiger partial charge on any atom is 0.416 e. The van der Waals surface area contributed by atoms with Crippen molar-refractivity contribution in [1.29, 1.82) is 0 Å². The molecule has 0 aromatic heterocycles. The van der Waals surface area contributed by atoms with Crippen molar-refractivity contribution in [2.24, 2.45) is 5.10 Å². The van der Waals surface area contributed by atoms with Gasteiger partial charge in [0.15, 0.2) is 11.5 Å². The highest BCUT2D eigenvalue weighted by molar-refractivity contribution is 6.32. The fraction of sp³-hybridized carbons (Fsp3) is 0.154. The van der Waals surface area contributed by atoms with Crippen LogP contribution in [0.5, 0.6) is 23.0 Å². The number of amides is 1. The number of carbonyl (C=O) groups is 1. The standard InChI is InChI=1S/C26H21ClF3N3O6/c1-3-11-38-23-9-6-17(13-24(23)37-4-2)25(34)32-31-15-16-5-8-21(19(27)12-16)39-22-10-7-18(26(28,29)30)14-20(22)33(35)36/h3,5-10,12-15H,1,4,11H2,2H3,(H,32,34)/b31-15+. The van der Waals surface area contributed by atoms with Gasteiger partial charge in [-0.25, -0.2) is 5.43 Å².